The van der Waals surface area contributed by atoms with Gasteiger partial charge in [0.25, 0.3) is 0 Å². The molecule has 7 nitrogen and oxygen atoms in total. The number of amides is 2. The number of carbonyl (C=O) groups excluding carboxylic acids is 2. The fourth-order valence-electron chi connectivity index (χ4n) is 0.691. The van der Waals surface area contributed by atoms with Crippen molar-refractivity contribution in [2.45, 2.75) is 19.1 Å². The van der Waals surface area contributed by atoms with Crippen molar-refractivity contribution in [2.24, 2.45) is 4.99 Å². The second-order valence-corrected chi connectivity index (χ2v) is 2.51. The van der Waals surface area contributed by atoms with Gasteiger partial charge in [-0.15, -0.1) is 0 Å². The topological polar surface area (TPSA) is 97.2 Å². The van der Waals surface area contributed by atoms with Crippen molar-refractivity contribution in [2.75, 3.05) is 14.2 Å². The maximum Gasteiger partial charge on any atom is 0.432 e. The number of ether oxygens (including phenoxy) is 2. The third-order valence-corrected chi connectivity index (χ3v) is 1.41. The molecule has 0 aromatic carbocycles. The molecule has 0 heterocycles. The van der Waals surface area contributed by atoms with E-state index in [1.54, 1.807) is 0 Å². The molecule has 0 saturated carbocycles. The predicted molar refractivity (Wildman–Crippen MR) is 51.7 cm³/mol. The third-order valence-electron chi connectivity index (χ3n) is 1.41. The minimum absolute atomic E-state index is 0.232. The zero-order valence-electron chi connectivity index (χ0n) is 8.60. The number of aliphatic hydroxyl groups excluding tert-OH is 1. The number of hydrogen-bond donors (Lipinski definition) is 2. The Hall–Kier alpha value is -1.63. The van der Waals surface area contributed by atoms with Gasteiger partial charge in [0.1, 0.15) is 6.23 Å². The summed E-state index contributed by atoms with van der Waals surface area (Å²) in [6.45, 7) is 0. The number of rotatable bonds is 4. The Labute approximate surface area is 87.1 Å². The van der Waals surface area contributed by atoms with E-state index in [4.69, 9.17) is 0 Å². The van der Waals surface area contributed by atoms with Crippen LogP contribution >= 0.6 is 0 Å². The van der Waals surface area contributed by atoms with Gasteiger partial charge in [0.2, 0.25) is 0 Å². The number of alkyl carbamates (subject to hydrolysis) is 1. The highest BCUT2D eigenvalue weighted by Crippen LogP contribution is 1.92. The molecule has 0 saturated heterocycles. The monoisotopic (exact) mass is 218 g/mol. The molecule has 0 aromatic rings. The highest BCUT2D eigenvalue weighted by molar-refractivity contribution is 5.79. The summed E-state index contributed by atoms with van der Waals surface area (Å²) in [6.07, 6.45) is -0.580. The largest absolute Gasteiger partial charge is 0.453 e. The average molecular weight is 218 g/mol. The maximum atomic E-state index is 10.6. The summed E-state index contributed by atoms with van der Waals surface area (Å²) in [5.41, 5.74) is 0. The van der Waals surface area contributed by atoms with Gasteiger partial charge in [-0.1, -0.05) is 0 Å². The molecule has 0 unspecified atom stereocenters. The smallest absolute Gasteiger partial charge is 0.432 e. The molecular formula is C8H14N2O5. The standard InChI is InChI=1S/C8H14N2O5/c1-14-7(12)9-5-3-4-6(11)10-8(13)15-2/h5-6,11H,3-4H2,1-2H3,(H,10,13)/t6-/m0/s1. The normalized spacial score (nSPS) is 12.2. The summed E-state index contributed by atoms with van der Waals surface area (Å²) in [6, 6.07) is 0. The van der Waals surface area contributed by atoms with Gasteiger partial charge < -0.3 is 14.6 Å². The first kappa shape index (κ1) is 13.4. The summed E-state index contributed by atoms with van der Waals surface area (Å²) >= 11 is 0. The molecule has 0 aliphatic carbocycles. The van der Waals surface area contributed by atoms with Crippen molar-refractivity contribution in [1.82, 2.24) is 5.32 Å². The van der Waals surface area contributed by atoms with Crippen LogP contribution in [0.15, 0.2) is 4.99 Å². The van der Waals surface area contributed by atoms with Crippen LogP contribution in [0.1, 0.15) is 12.8 Å². The van der Waals surface area contributed by atoms with Crippen LogP contribution in [0.3, 0.4) is 0 Å². The Morgan fingerprint density at radius 3 is 2.67 bits per heavy atom. The van der Waals surface area contributed by atoms with Gasteiger partial charge >= 0.3 is 12.2 Å². The first-order chi connectivity index (χ1) is 7.10. The van der Waals surface area contributed by atoms with Gasteiger partial charge in [-0.2, -0.15) is 4.99 Å². The number of aliphatic hydroxyl groups is 1. The number of carbonyl (C=O) groups is 2. The number of nitrogens with zero attached hydrogens (tertiary/aromatic N) is 1. The van der Waals surface area contributed by atoms with Gasteiger partial charge in [-0.25, -0.2) is 9.59 Å². The summed E-state index contributed by atoms with van der Waals surface area (Å²) in [5.74, 6) is 0. The molecule has 15 heavy (non-hydrogen) atoms. The van der Waals surface area contributed by atoms with Crippen LogP contribution in [0.25, 0.3) is 0 Å². The minimum Gasteiger partial charge on any atom is -0.453 e. The van der Waals surface area contributed by atoms with Crippen LogP contribution in [0, 0.1) is 0 Å². The molecule has 0 aliphatic heterocycles. The van der Waals surface area contributed by atoms with Gasteiger partial charge in [-0.3, -0.25) is 5.32 Å². The Morgan fingerprint density at radius 2 is 2.13 bits per heavy atom. The van der Waals surface area contributed by atoms with Crippen molar-refractivity contribution < 1.29 is 24.2 Å². The molecule has 1 atom stereocenters. The second kappa shape index (κ2) is 7.74. The quantitative estimate of drug-likeness (QED) is 0.521. The van der Waals surface area contributed by atoms with Crippen molar-refractivity contribution in [3.8, 4) is 0 Å². The van der Waals surface area contributed by atoms with Crippen LogP contribution in [-0.2, 0) is 9.47 Å². The van der Waals surface area contributed by atoms with Crippen LogP contribution in [0.4, 0.5) is 9.59 Å². The predicted octanol–water partition coefficient (Wildman–Crippen LogP) is 0.278. The third kappa shape index (κ3) is 7.44. The van der Waals surface area contributed by atoms with Crippen LogP contribution in [0.5, 0.6) is 0 Å². The van der Waals surface area contributed by atoms with Gasteiger partial charge in [-0.05, 0) is 12.8 Å². The lowest BCUT2D eigenvalue weighted by molar-refractivity contribution is 0.107. The van der Waals surface area contributed by atoms with Gasteiger partial charge in [0.05, 0.1) is 14.2 Å². The van der Waals surface area contributed by atoms with E-state index in [0.717, 1.165) is 0 Å². The summed E-state index contributed by atoms with van der Waals surface area (Å²) < 4.78 is 8.52. The lowest BCUT2D eigenvalue weighted by Gasteiger charge is -2.09. The van der Waals surface area contributed by atoms with E-state index in [9.17, 15) is 14.7 Å². The highest BCUT2D eigenvalue weighted by atomic mass is 16.5. The molecule has 7 heteroatoms. The van der Waals surface area contributed by atoms with E-state index < -0.39 is 18.4 Å². The van der Waals surface area contributed by atoms with Crippen molar-refractivity contribution in [3.63, 3.8) is 0 Å². The van der Waals surface area contributed by atoms with Crippen LogP contribution < -0.4 is 5.32 Å². The van der Waals surface area contributed by atoms with Crippen LogP contribution in [0.2, 0.25) is 0 Å². The molecule has 2 amide bonds. The summed E-state index contributed by atoms with van der Waals surface area (Å²) in [4.78, 5) is 24.5. The number of nitrogens with one attached hydrogen (secondary N) is 1. The van der Waals surface area contributed by atoms with E-state index in [2.05, 4.69) is 19.8 Å². The van der Waals surface area contributed by atoms with E-state index >= 15 is 0 Å². The fraction of sp³-hybridized carbons (Fsp3) is 0.625. The van der Waals surface area contributed by atoms with Crippen LogP contribution in [-0.4, -0.2) is 44.0 Å². The lowest BCUT2D eigenvalue weighted by Crippen LogP contribution is -2.34. The average Bonchev–Trinajstić information content (AvgIpc) is 2.23. The molecule has 2 N–H and O–H groups in total. The van der Waals surface area contributed by atoms with E-state index in [1.807, 2.05) is 0 Å². The Balaban J connectivity index is 3.63. The first-order valence-electron chi connectivity index (χ1n) is 4.23. The SMILES string of the molecule is COC(=O)N=CCC[C@H](O)NC(=O)OC. The summed E-state index contributed by atoms with van der Waals surface area (Å²) in [7, 11) is 2.41. The van der Waals surface area contributed by atoms with Crippen molar-refractivity contribution in [1.29, 1.82) is 0 Å². The van der Waals surface area contributed by atoms with E-state index in [-0.39, 0.29) is 6.42 Å². The zero-order valence-corrected chi connectivity index (χ0v) is 8.60. The van der Waals surface area contributed by atoms with Crippen molar-refractivity contribution in [3.05, 3.63) is 0 Å². The molecule has 0 bridgehead atoms. The molecule has 86 valence electrons. The number of hydrogen-bond acceptors (Lipinski definition) is 5. The van der Waals surface area contributed by atoms with E-state index in [1.165, 1.54) is 20.4 Å². The molecule has 0 rings (SSSR count). The molecule has 0 aliphatic rings. The number of methoxy groups -OCH3 is 2. The molecule has 0 aromatic heterocycles. The van der Waals surface area contributed by atoms with Gasteiger partial charge in [0.15, 0.2) is 0 Å². The zero-order chi connectivity index (χ0) is 11.7. The van der Waals surface area contributed by atoms with Gasteiger partial charge in [0, 0.05) is 6.21 Å². The molecule has 0 radical (unpaired) electrons. The Morgan fingerprint density at radius 1 is 1.47 bits per heavy atom. The molecule has 0 spiro atoms. The van der Waals surface area contributed by atoms with Crippen molar-refractivity contribution >= 4 is 18.4 Å². The molecule has 0 fully saturated rings. The highest BCUT2D eigenvalue weighted by Gasteiger charge is 2.06. The lowest BCUT2D eigenvalue weighted by atomic mass is 10.3. The maximum absolute atomic E-state index is 10.6. The minimum atomic E-state index is -1.03. The first-order valence-corrected chi connectivity index (χ1v) is 4.23. The Kier molecular flexibility index (Phi) is 6.90. The molecular weight excluding hydrogens is 204 g/mol. The Bertz CT molecular complexity index is 241. The fourth-order valence-corrected chi connectivity index (χ4v) is 0.691. The summed E-state index contributed by atoms with van der Waals surface area (Å²) in [5, 5.41) is 11.3. The number of aliphatic imine (C=N–C) groups is 1. The second-order valence-electron chi connectivity index (χ2n) is 2.51. The van der Waals surface area contributed by atoms with E-state index in [0.29, 0.717) is 6.42 Å².